The van der Waals surface area contributed by atoms with Gasteiger partial charge in [-0.25, -0.2) is 4.39 Å². The highest BCUT2D eigenvalue weighted by Gasteiger charge is 2.16. The molecule has 0 aliphatic heterocycles. The lowest BCUT2D eigenvalue weighted by molar-refractivity contribution is 0.244. The second kappa shape index (κ2) is 7.87. The number of nitrogens with two attached hydrogens (primary N) is 1. The van der Waals surface area contributed by atoms with Crippen molar-refractivity contribution < 1.29 is 4.39 Å². The van der Waals surface area contributed by atoms with E-state index in [2.05, 4.69) is 27.8 Å². The number of benzene rings is 1. The number of rotatable bonds is 7. The SMILES string of the molecule is CCCCCN(C)C(CN)c1ccc(Br)c(F)c1. The van der Waals surface area contributed by atoms with Crippen molar-refractivity contribution in [1.82, 2.24) is 4.90 Å². The van der Waals surface area contributed by atoms with Crippen LogP contribution in [0.3, 0.4) is 0 Å². The Balaban J connectivity index is 2.72. The normalized spacial score (nSPS) is 13.0. The molecular weight excluding hydrogens is 295 g/mol. The molecule has 1 aromatic rings. The van der Waals surface area contributed by atoms with Crippen molar-refractivity contribution in [2.45, 2.75) is 32.2 Å². The highest BCUT2D eigenvalue weighted by Crippen LogP contribution is 2.23. The van der Waals surface area contributed by atoms with Crippen LogP contribution in [0.2, 0.25) is 0 Å². The van der Waals surface area contributed by atoms with Crippen LogP contribution in [0.1, 0.15) is 37.8 Å². The highest BCUT2D eigenvalue weighted by atomic mass is 79.9. The van der Waals surface area contributed by atoms with Gasteiger partial charge in [-0.15, -0.1) is 0 Å². The molecule has 1 unspecified atom stereocenters. The molecule has 0 saturated heterocycles. The van der Waals surface area contributed by atoms with Gasteiger partial charge in [0, 0.05) is 12.6 Å². The summed E-state index contributed by atoms with van der Waals surface area (Å²) in [6, 6.07) is 5.33. The molecule has 2 nitrogen and oxygen atoms in total. The first-order valence-corrected chi connectivity index (χ1v) is 7.24. The van der Waals surface area contributed by atoms with Crippen LogP contribution in [-0.2, 0) is 0 Å². The minimum atomic E-state index is -0.229. The van der Waals surface area contributed by atoms with E-state index in [1.54, 1.807) is 12.1 Å². The lowest BCUT2D eigenvalue weighted by Crippen LogP contribution is -2.31. The van der Waals surface area contributed by atoms with Gasteiger partial charge in [0.25, 0.3) is 0 Å². The number of likely N-dealkylation sites (N-methyl/N-ethyl adjacent to an activating group) is 1. The number of hydrogen-bond acceptors (Lipinski definition) is 2. The van der Waals surface area contributed by atoms with Gasteiger partial charge in [0.05, 0.1) is 4.47 Å². The largest absolute Gasteiger partial charge is 0.329 e. The van der Waals surface area contributed by atoms with Crippen LogP contribution < -0.4 is 5.73 Å². The summed E-state index contributed by atoms with van der Waals surface area (Å²) >= 11 is 3.17. The summed E-state index contributed by atoms with van der Waals surface area (Å²) < 4.78 is 14.0. The molecule has 0 heterocycles. The van der Waals surface area contributed by atoms with Gasteiger partial charge in [0.1, 0.15) is 5.82 Å². The van der Waals surface area contributed by atoms with Gasteiger partial charge >= 0.3 is 0 Å². The maximum Gasteiger partial charge on any atom is 0.137 e. The predicted octanol–water partition coefficient (Wildman–Crippen LogP) is 3.71. The molecule has 0 aromatic heterocycles. The zero-order chi connectivity index (χ0) is 13.5. The van der Waals surface area contributed by atoms with Crippen LogP contribution in [-0.4, -0.2) is 25.0 Å². The molecule has 102 valence electrons. The molecule has 0 spiro atoms. The van der Waals surface area contributed by atoms with Crippen LogP contribution in [0.5, 0.6) is 0 Å². The second-order valence-corrected chi connectivity index (χ2v) is 5.47. The third-order valence-electron chi connectivity index (χ3n) is 3.20. The molecule has 0 aliphatic rings. The van der Waals surface area contributed by atoms with Gasteiger partial charge in [-0.2, -0.15) is 0 Å². The summed E-state index contributed by atoms with van der Waals surface area (Å²) in [6.45, 7) is 3.68. The molecule has 0 radical (unpaired) electrons. The monoisotopic (exact) mass is 316 g/mol. The minimum absolute atomic E-state index is 0.0875. The number of halogens is 2. The molecule has 0 fully saturated rings. The van der Waals surface area contributed by atoms with E-state index in [1.807, 2.05) is 13.1 Å². The third-order valence-corrected chi connectivity index (χ3v) is 3.84. The molecule has 4 heteroatoms. The molecule has 0 amide bonds. The second-order valence-electron chi connectivity index (χ2n) is 4.61. The molecule has 18 heavy (non-hydrogen) atoms. The van der Waals surface area contributed by atoms with Crippen molar-refractivity contribution >= 4 is 15.9 Å². The van der Waals surface area contributed by atoms with Crippen molar-refractivity contribution in [3.8, 4) is 0 Å². The fourth-order valence-electron chi connectivity index (χ4n) is 2.06. The van der Waals surface area contributed by atoms with E-state index >= 15 is 0 Å². The third kappa shape index (κ3) is 4.34. The number of hydrogen-bond donors (Lipinski definition) is 1. The Hall–Kier alpha value is -0.450. The van der Waals surface area contributed by atoms with Crippen LogP contribution in [0.15, 0.2) is 22.7 Å². The van der Waals surface area contributed by atoms with Crippen molar-refractivity contribution in [2.24, 2.45) is 5.73 Å². The first-order valence-electron chi connectivity index (χ1n) is 6.45. The Morgan fingerprint density at radius 3 is 2.67 bits per heavy atom. The van der Waals surface area contributed by atoms with Crippen LogP contribution in [0, 0.1) is 5.82 Å². The summed E-state index contributed by atoms with van der Waals surface area (Å²) in [4.78, 5) is 2.21. The first kappa shape index (κ1) is 15.6. The summed E-state index contributed by atoms with van der Waals surface area (Å²) in [5.74, 6) is -0.229. The van der Waals surface area contributed by atoms with E-state index in [1.165, 1.54) is 12.8 Å². The lowest BCUT2D eigenvalue weighted by Gasteiger charge is -2.27. The maximum atomic E-state index is 13.5. The van der Waals surface area contributed by atoms with E-state index < -0.39 is 0 Å². The molecule has 1 aromatic carbocycles. The fraction of sp³-hybridized carbons (Fsp3) is 0.571. The maximum absolute atomic E-state index is 13.5. The minimum Gasteiger partial charge on any atom is -0.329 e. The standard InChI is InChI=1S/C14H22BrFN2/c1-3-4-5-8-18(2)14(10-17)11-6-7-12(15)13(16)9-11/h6-7,9,14H,3-5,8,10,17H2,1-2H3. The van der Waals surface area contributed by atoms with Gasteiger partial charge in [-0.05, 0) is 53.6 Å². The molecule has 1 atom stereocenters. The highest BCUT2D eigenvalue weighted by molar-refractivity contribution is 9.10. The Morgan fingerprint density at radius 2 is 2.11 bits per heavy atom. The van der Waals surface area contributed by atoms with E-state index in [9.17, 15) is 4.39 Å². The smallest absolute Gasteiger partial charge is 0.137 e. The van der Waals surface area contributed by atoms with Gasteiger partial charge in [-0.3, -0.25) is 4.90 Å². The molecule has 0 bridgehead atoms. The van der Waals surface area contributed by atoms with E-state index in [-0.39, 0.29) is 11.9 Å². The van der Waals surface area contributed by atoms with E-state index in [4.69, 9.17) is 5.73 Å². The van der Waals surface area contributed by atoms with Crippen molar-refractivity contribution in [2.75, 3.05) is 20.1 Å². The molecule has 0 aliphatic carbocycles. The molecular formula is C14H22BrFN2. The van der Waals surface area contributed by atoms with Crippen molar-refractivity contribution in [1.29, 1.82) is 0 Å². The summed E-state index contributed by atoms with van der Waals surface area (Å²) in [7, 11) is 2.05. The molecule has 0 saturated carbocycles. The quantitative estimate of drug-likeness (QED) is 0.777. The van der Waals surface area contributed by atoms with Crippen molar-refractivity contribution in [3.63, 3.8) is 0 Å². The van der Waals surface area contributed by atoms with Crippen LogP contribution in [0.25, 0.3) is 0 Å². The number of unbranched alkanes of at least 4 members (excludes halogenated alkanes) is 2. The zero-order valence-corrected chi connectivity index (χ0v) is 12.7. The Kier molecular flexibility index (Phi) is 6.82. The van der Waals surface area contributed by atoms with Gasteiger partial charge in [0.2, 0.25) is 0 Å². The zero-order valence-electron chi connectivity index (χ0n) is 11.1. The summed E-state index contributed by atoms with van der Waals surface area (Å²) in [5, 5.41) is 0. The van der Waals surface area contributed by atoms with E-state index in [0.717, 1.165) is 18.5 Å². The topological polar surface area (TPSA) is 29.3 Å². The Morgan fingerprint density at radius 1 is 1.39 bits per heavy atom. The van der Waals surface area contributed by atoms with Gasteiger partial charge in [-0.1, -0.05) is 25.8 Å². The lowest BCUT2D eigenvalue weighted by atomic mass is 10.1. The molecule has 2 N–H and O–H groups in total. The van der Waals surface area contributed by atoms with E-state index in [0.29, 0.717) is 11.0 Å². The number of nitrogens with zero attached hydrogens (tertiary/aromatic N) is 1. The molecule has 1 rings (SSSR count). The summed E-state index contributed by atoms with van der Waals surface area (Å²) in [6.07, 6.45) is 3.58. The van der Waals surface area contributed by atoms with Crippen molar-refractivity contribution in [3.05, 3.63) is 34.1 Å². The van der Waals surface area contributed by atoms with Crippen LogP contribution in [0.4, 0.5) is 4.39 Å². The Labute approximate surface area is 117 Å². The Bertz CT molecular complexity index is 371. The average molecular weight is 317 g/mol. The van der Waals surface area contributed by atoms with Gasteiger partial charge in [0.15, 0.2) is 0 Å². The average Bonchev–Trinajstić information content (AvgIpc) is 2.35. The van der Waals surface area contributed by atoms with Gasteiger partial charge < -0.3 is 5.73 Å². The first-order chi connectivity index (χ1) is 8.60. The van der Waals surface area contributed by atoms with Crippen LogP contribution >= 0.6 is 15.9 Å². The summed E-state index contributed by atoms with van der Waals surface area (Å²) in [5.41, 5.74) is 6.76. The fourth-order valence-corrected chi connectivity index (χ4v) is 2.30. The predicted molar refractivity (Wildman–Crippen MR) is 78.1 cm³/mol.